The van der Waals surface area contributed by atoms with Crippen molar-refractivity contribution in [2.45, 2.75) is 63.6 Å². The highest BCUT2D eigenvalue weighted by Crippen LogP contribution is 2.55. The zero-order chi connectivity index (χ0) is 35.6. The van der Waals surface area contributed by atoms with E-state index in [9.17, 15) is 18.0 Å². The predicted octanol–water partition coefficient (Wildman–Crippen LogP) is 6.20. The van der Waals surface area contributed by atoms with E-state index in [0.717, 1.165) is 111 Å². The summed E-state index contributed by atoms with van der Waals surface area (Å²) >= 11 is 0. The molecule has 52 heavy (non-hydrogen) atoms. The van der Waals surface area contributed by atoms with Gasteiger partial charge in [0.25, 0.3) is 0 Å². The molecule has 1 N–H and O–H groups in total. The first-order valence-corrected chi connectivity index (χ1v) is 18.7. The van der Waals surface area contributed by atoms with Gasteiger partial charge in [-0.3, -0.25) is 9.69 Å². The average molecular weight is 713 g/mol. The Labute approximate surface area is 300 Å². The summed E-state index contributed by atoms with van der Waals surface area (Å²) in [5, 5.41) is 0.724. The van der Waals surface area contributed by atoms with E-state index >= 15 is 0 Å². The minimum absolute atomic E-state index is 0.0339. The van der Waals surface area contributed by atoms with Crippen molar-refractivity contribution in [1.82, 2.24) is 29.7 Å². The molecule has 2 saturated carbocycles. The maximum absolute atomic E-state index is 14.1. The minimum Gasteiger partial charge on any atom is -0.481 e. The highest BCUT2D eigenvalue weighted by atomic mass is 19.4. The summed E-state index contributed by atoms with van der Waals surface area (Å²) in [6.45, 7) is 11.0. The number of benzene rings is 2. The smallest absolute Gasteiger partial charge is 0.422 e. The van der Waals surface area contributed by atoms with Crippen LogP contribution < -0.4 is 14.5 Å². The molecule has 1 amide bonds. The number of anilines is 2. The van der Waals surface area contributed by atoms with E-state index in [2.05, 4.69) is 37.3 Å². The van der Waals surface area contributed by atoms with Crippen LogP contribution in [-0.4, -0.2) is 107 Å². The molecule has 2 spiro atoms. The number of carbonyl (C=O) groups excluding carboxylic acids is 1. The van der Waals surface area contributed by atoms with Crippen LogP contribution in [0.1, 0.15) is 55.6 Å². The summed E-state index contributed by atoms with van der Waals surface area (Å²) in [6.07, 6.45) is 4.78. The molecule has 4 aliphatic heterocycles. The van der Waals surface area contributed by atoms with Crippen LogP contribution in [0, 0.1) is 17.8 Å². The second kappa shape index (κ2) is 11.3. The maximum Gasteiger partial charge on any atom is 0.422 e. The molecule has 4 aromatic rings. The summed E-state index contributed by atoms with van der Waals surface area (Å²) < 4.78 is 48.2. The zero-order valence-electron chi connectivity index (χ0n) is 29.4. The van der Waals surface area contributed by atoms with Crippen LogP contribution in [0.25, 0.3) is 33.1 Å². The standard InChI is InChI=1S/C39H43F3N8O2/c1-3-29(51)50-19-38(20-50)10-12-47(13-11-38)35-27-14-26(24-5-6-24)31(30-23(2)4-7-28-33(30)44-22-43-28)34(52-21-39(40,41)42)32(27)45-36(46-35)48-15-25(16-48)49-17-37(18-49)8-9-37/h3-4,7,14,22,24-25H,1,5-6,8-13,15-21H2,2H3,(H,43,44). The van der Waals surface area contributed by atoms with Gasteiger partial charge in [0, 0.05) is 80.3 Å². The van der Waals surface area contributed by atoms with E-state index in [4.69, 9.17) is 14.7 Å². The number of aromatic nitrogens is 4. The second-order valence-corrected chi connectivity index (χ2v) is 16.5. The van der Waals surface area contributed by atoms with Crippen molar-refractivity contribution in [2.75, 3.05) is 68.8 Å². The molecule has 0 radical (unpaired) electrons. The molecule has 0 bridgehead atoms. The fourth-order valence-electron chi connectivity index (χ4n) is 9.28. The van der Waals surface area contributed by atoms with Gasteiger partial charge >= 0.3 is 6.18 Å². The van der Waals surface area contributed by atoms with Crippen LogP contribution >= 0.6 is 0 Å². The number of amides is 1. The van der Waals surface area contributed by atoms with E-state index in [1.54, 1.807) is 6.33 Å². The monoisotopic (exact) mass is 712 g/mol. The zero-order valence-corrected chi connectivity index (χ0v) is 29.4. The molecule has 10 nitrogen and oxygen atoms in total. The van der Waals surface area contributed by atoms with Crippen molar-refractivity contribution < 1.29 is 22.7 Å². The number of imidazole rings is 1. The Balaban J connectivity index is 1.10. The number of likely N-dealkylation sites (tertiary alicyclic amines) is 2. The van der Waals surface area contributed by atoms with Gasteiger partial charge in [0.2, 0.25) is 11.9 Å². The molecule has 2 aliphatic carbocycles. The molecule has 10 rings (SSSR count). The van der Waals surface area contributed by atoms with Crippen molar-refractivity contribution >= 4 is 39.6 Å². The molecular formula is C39H43F3N8O2. The van der Waals surface area contributed by atoms with Crippen LogP contribution in [-0.2, 0) is 4.79 Å². The number of nitrogens with zero attached hydrogens (tertiary/aromatic N) is 7. The third kappa shape index (κ3) is 5.32. The molecule has 2 aromatic heterocycles. The largest absolute Gasteiger partial charge is 0.481 e. The fourth-order valence-corrected chi connectivity index (χ4v) is 9.28. The number of nitrogens with one attached hydrogen (secondary N) is 1. The van der Waals surface area contributed by atoms with E-state index < -0.39 is 12.8 Å². The molecule has 6 fully saturated rings. The Morgan fingerprint density at radius 1 is 1.00 bits per heavy atom. The van der Waals surface area contributed by atoms with Crippen LogP contribution in [0.4, 0.5) is 24.9 Å². The summed E-state index contributed by atoms with van der Waals surface area (Å²) in [4.78, 5) is 39.3. The minimum atomic E-state index is -4.54. The lowest BCUT2D eigenvalue weighted by Gasteiger charge is -2.54. The number of piperidine rings is 1. The van der Waals surface area contributed by atoms with E-state index in [0.29, 0.717) is 34.0 Å². The Kier molecular flexibility index (Phi) is 7.02. The van der Waals surface area contributed by atoms with Crippen LogP contribution in [0.15, 0.2) is 37.2 Å². The first-order valence-electron chi connectivity index (χ1n) is 18.7. The first-order chi connectivity index (χ1) is 25.0. The van der Waals surface area contributed by atoms with Gasteiger partial charge in [-0.25, -0.2) is 9.97 Å². The van der Waals surface area contributed by atoms with Crippen LogP contribution in [0.5, 0.6) is 5.75 Å². The Hall–Kier alpha value is -4.39. The van der Waals surface area contributed by atoms with Gasteiger partial charge in [-0.05, 0) is 86.1 Å². The molecule has 4 saturated heterocycles. The number of carbonyl (C=O) groups is 1. The topological polar surface area (TPSA) is 93.7 Å². The van der Waals surface area contributed by atoms with Gasteiger partial charge in [0.15, 0.2) is 12.4 Å². The highest BCUT2D eigenvalue weighted by molar-refractivity contribution is 6.05. The molecule has 13 heteroatoms. The Morgan fingerprint density at radius 3 is 2.40 bits per heavy atom. The quantitative estimate of drug-likeness (QED) is 0.216. The lowest BCUT2D eigenvalue weighted by Crippen LogP contribution is -2.66. The van der Waals surface area contributed by atoms with Gasteiger partial charge < -0.3 is 24.4 Å². The molecule has 6 aliphatic rings. The van der Waals surface area contributed by atoms with Crippen LogP contribution in [0.3, 0.4) is 0 Å². The SMILES string of the molecule is C=CC(=O)N1CC2(CCN(c3nc(N4CC(N5CC6(CC6)C5)C4)nc4c(OCC(F)(F)F)c(-c5c(C)ccc6[nH]cnc56)c(C5CC5)cc34)CC2)C1. The molecule has 0 atom stereocenters. The van der Waals surface area contributed by atoms with Gasteiger partial charge in [0.1, 0.15) is 11.3 Å². The van der Waals surface area contributed by atoms with Crippen molar-refractivity contribution in [3.8, 4) is 16.9 Å². The third-order valence-electron chi connectivity index (χ3n) is 12.7. The number of aromatic amines is 1. The number of fused-ring (bicyclic) bond motifs is 2. The summed E-state index contributed by atoms with van der Waals surface area (Å²) in [5.74, 6) is 1.58. The summed E-state index contributed by atoms with van der Waals surface area (Å²) in [6, 6.07) is 6.50. The van der Waals surface area contributed by atoms with E-state index in [1.807, 2.05) is 24.0 Å². The van der Waals surface area contributed by atoms with E-state index in [-0.39, 0.29) is 23.0 Å². The third-order valence-corrected chi connectivity index (χ3v) is 12.7. The molecule has 272 valence electrons. The average Bonchev–Trinajstić information content (AvgIpc) is 4.01. The maximum atomic E-state index is 14.1. The predicted molar refractivity (Wildman–Crippen MR) is 193 cm³/mol. The van der Waals surface area contributed by atoms with E-state index in [1.165, 1.54) is 18.9 Å². The summed E-state index contributed by atoms with van der Waals surface area (Å²) in [5.41, 5.74) is 5.85. The molecule has 6 heterocycles. The first kappa shape index (κ1) is 32.3. The normalized spacial score (nSPS) is 22.5. The number of rotatable bonds is 8. The van der Waals surface area contributed by atoms with Crippen molar-refractivity contribution in [1.29, 1.82) is 0 Å². The van der Waals surface area contributed by atoms with Gasteiger partial charge in [0.05, 0.1) is 17.4 Å². The van der Waals surface area contributed by atoms with Crippen molar-refractivity contribution in [3.05, 3.63) is 48.3 Å². The van der Waals surface area contributed by atoms with Gasteiger partial charge in [-0.15, -0.1) is 0 Å². The fraction of sp³-hybridized carbons (Fsp3) is 0.538. The number of hydrogen-bond donors (Lipinski definition) is 1. The van der Waals surface area contributed by atoms with Crippen molar-refractivity contribution in [3.63, 3.8) is 0 Å². The van der Waals surface area contributed by atoms with Crippen LogP contribution in [0.2, 0.25) is 0 Å². The number of hydrogen-bond acceptors (Lipinski definition) is 8. The second-order valence-electron chi connectivity index (χ2n) is 16.5. The Morgan fingerprint density at radius 2 is 1.73 bits per heavy atom. The molecular weight excluding hydrogens is 669 g/mol. The summed E-state index contributed by atoms with van der Waals surface area (Å²) in [7, 11) is 0. The lowest BCUT2D eigenvalue weighted by molar-refractivity contribution is -0.153. The Bertz CT molecular complexity index is 2110. The number of aryl methyl sites for hydroxylation is 1. The number of alkyl halides is 3. The van der Waals surface area contributed by atoms with Gasteiger partial charge in [-0.1, -0.05) is 12.6 Å². The highest BCUT2D eigenvalue weighted by Gasteiger charge is 2.55. The number of halogens is 3. The van der Waals surface area contributed by atoms with Gasteiger partial charge in [-0.2, -0.15) is 18.2 Å². The molecule has 2 aromatic carbocycles. The molecule has 0 unspecified atom stereocenters. The lowest BCUT2D eigenvalue weighted by atomic mass is 9.72. The number of ether oxygens (including phenoxy) is 1. The van der Waals surface area contributed by atoms with Crippen molar-refractivity contribution in [2.24, 2.45) is 10.8 Å². The number of H-pyrrole nitrogens is 1.